The highest BCUT2D eigenvalue weighted by Gasteiger charge is 2.28. The summed E-state index contributed by atoms with van der Waals surface area (Å²) in [5.74, 6) is -0.170. The lowest BCUT2D eigenvalue weighted by atomic mass is 10.2. The Bertz CT molecular complexity index is 182. The molecule has 1 atom stereocenters. The summed E-state index contributed by atoms with van der Waals surface area (Å²) >= 11 is 0. The van der Waals surface area contributed by atoms with E-state index in [0.29, 0.717) is 0 Å². The second kappa shape index (κ2) is 4.58. The molecular weight excluding hydrogens is 166 g/mol. The van der Waals surface area contributed by atoms with Crippen LogP contribution in [0.15, 0.2) is 0 Å². The van der Waals surface area contributed by atoms with Crippen LogP contribution < -0.4 is 5.73 Å². The van der Waals surface area contributed by atoms with E-state index in [-0.39, 0.29) is 11.9 Å². The molecule has 1 saturated heterocycles. The maximum absolute atomic E-state index is 11.0. The first-order valence-corrected chi connectivity index (χ1v) is 4.79. The number of amides is 1. The summed E-state index contributed by atoms with van der Waals surface area (Å²) in [7, 11) is 4.07. The van der Waals surface area contributed by atoms with Crippen LogP contribution in [0.1, 0.15) is 12.8 Å². The molecule has 0 saturated carbocycles. The minimum atomic E-state index is -0.170. The molecule has 0 bridgehead atoms. The highest BCUT2D eigenvalue weighted by Crippen LogP contribution is 2.15. The van der Waals surface area contributed by atoms with Crippen LogP contribution in [0.4, 0.5) is 0 Å². The highest BCUT2D eigenvalue weighted by molar-refractivity contribution is 5.80. The van der Waals surface area contributed by atoms with Gasteiger partial charge in [-0.25, -0.2) is 0 Å². The average molecular weight is 185 g/mol. The van der Waals surface area contributed by atoms with Crippen molar-refractivity contribution in [3.05, 3.63) is 0 Å². The fraction of sp³-hybridized carbons (Fsp3) is 0.889. The summed E-state index contributed by atoms with van der Waals surface area (Å²) in [4.78, 5) is 15.3. The molecule has 1 aliphatic heterocycles. The summed E-state index contributed by atoms with van der Waals surface area (Å²) in [5, 5.41) is 0. The number of nitrogens with two attached hydrogens (primary N) is 1. The molecule has 1 heterocycles. The van der Waals surface area contributed by atoms with Crippen LogP contribution in [0, 0.1) is 0 Å². The second-order valence-corrected chi connectivity index (χ2v) is 3.90. The van der Waals surface area contributed by atoms with Gasteiger partial charge >= 0.3 is 0 Å². The summed E-state index contributed by atoms with van der Waals surface area (Å²) in [6.07, 6.45) is 2.03. The Hall–Kier alpha value is -0.610. The normalized spacial score (nSPS) is 24.1. The third-order valence-corrected chi connectivity index (χ3v) is 2.53. The third-order valence-electron chi connectivity index (χ3n) is 2.53. The Morgan fingerprint density at radius 2 is 2.31 bits per heavy atom. The molecule has 0 spiro atoms. The molecule has 0 aromatic rings. The van der Waals surface area contributed by atoms with Gasteiger partial charge in [0, 0.05) is 13.1 Å². The number of likely N-dealkylation sites (tertiary alicyclic amines) is 1. The van der Waals surface area contributed by atoms with Gasteiger partial charge in [0.05, 0.1) is 6.04 Å². The van der Waals surface area contributed by atoms with Crippen molar-refractivity contribution in [1.82, 2.24) is 9.80 Å². The van der Waals surface area contributed by atoms with Crippen molar-refractivity contribution in [2.75, 3.05) is 33.7 Å². The van der Waals surface area contributed by atoms with Gasteiger partial charge in [-0.3, -0.25) is 9.69 Å². The van der Waals surface area contributed by atoms with Crippen LogP contribution in [0.2, 0.25) is 0 Å². The fourth-order valence-electron chi connectivity index (χ4n) is 1.74. The molecule has 1 fully saturated rings. The van der Waals surface area contributed by atoms with Gasteiger partial charge in [0.15, 0.2) is 0 Å². The van der Waals surface area contributed by atoms with Crippen LogP contribution in [0.3, 0.4) is 0 Å². The van der Waals surface area contributed by atoms with E-state index >= 15 is 0 Å². The largest absolute Gasteiger partial charge is 0.368 e. The van der Waals surface area contributed by atoms with Crippen molar-refractivity contribution in [3.63, 3.8) is 0 Å². The monoisotopic (exact) mass is 185 g/mol. The number of primary amides is 1. The van der Waals surface area contributed by atoms with E-state index in [4.69, 9.17) is 5.73 Å². The molecule has 0 aromatic carbocycles. The third kappa shape index (κ3) is 2.97. The van der Waals surface area contributed by atoms with Gasteiger partial charge in [0.25, 0.3) is 0 Å². The predicted molar refractivity (Wildman–Crippen MR) is 52.3 cm³/mol. The standard InChI is InChI=1S/C9H19N3O/c1-11(2)6-7-12-5-3-4-8(12)9(10)13/h8H,3-7H2,1-2H3,(H2,10,13). The van der Waals surface area contributed by atoms with Gasteiger partial charge in [-0.05, 0) is 33.5 Å². The average Bonchev–Trinajstić information content (AvgIpc) is 2.47. The first-order valence-electron chi connectivity index (χ1n) is 4.79. The molecule has 1 rings (SSSR count). The van der Waals surface area contributed by atoms with E-state index in [0.717, 1.165) is 32.5 Å². The van der Waals surface area contributed by atoms with Gasteiger partial charge < -0.3 is 10.6 Å². The van der Waals surface area contributed by atoms with Crippen molar-refractivity contribution in [2.45, 2.75) is 18.9 Å². The summed E-state index contributed by atoms with van der Waals surface area (Å²) in [5.41, 5.74) is 5.30. The van der Waals surface area contributed by atoms with Crippen molar-refractivity contribution in [3.8, 4) is 0 Å². The summed E-state index contributed by atoms with van der Waals surface area (Å²) in [6, 6.07) is -0.0139. The molecule has 1 amide bonds. The smallest absolute Gasteiger partial charge is 0.234 e. The second-order valence-electron chi connectivity index (χ2n) is 3.90. The van der Waals surface area contributed by atoms with Crippen molar-refractivity contribution in [2.24, 2.45) is 5.73 Å². The molecule has 4 nitrogen and oxygen atoms in total. The molecule has 2 N–H and O–H groups in total. The quantitative estimate of drug-likeness (QED) is 0.642. The van der Waals surface area contributed by atoms with E-state index < -0.39 is 0 Å². The van der Waals surface area contributed by atoms with Crippen LogP contribution in [-0.4, -0.2) is 55.5 Å². The summed E-state index contributed by atoms with van der Waals surface area (Å²) < 4.78 is 0. The molecule has 76 valence electrons. The van der Waals surface area contributed by atoms with E-state index in [9.17, 15) is 4.79 Å². The minimum absolute atomic E-state index is 0.0139. The lowest BCUT2D eigenvalue weighted by Crippen LogP contribution is -2.42. The predicted octanol–water partition coefficient (Wildman–Crippen LogP) is -0.502. The Morgan fingerprint density at radius 1 is 1.62 bits per heavy atom. The number of hydrogen-bond acceptors (Lipinski definition) is 3. The summed E-state index contributed by atoms with van der Waals surface area (Å²) in [6.45, 7) is 2.95. The topological polar surface area (TPSA) is 49.6 Å². The fourth-order valence-corrected chi connectivity index (χ4v) is 1.74. The zero-order valence-electron chi connectivity index (χ0n) is 8.49. The molecule has 1 unspecified atom stereocenters. The minimum Gasteiger partial charge on any atom is -0.368 e. The van der Waals surface area contributed by atoms with Crippen molar-refractivity contribution < 1.29 is 4.79 Å². The maximum Gasteiger partial charge on any atom is 0.234 e. The molecule has 0 radical (unpaired) electrons. The number of carbonyl (C=O) groups excluding carboxylic acids is 1. The molecular formula is C9H19N3O. The van der Waals surface area contributed by atoms with Crippen LogP contribution in [0.5, 0.6) is 0 Å². The van der Waals surface area contributed by atoms with E-state index in [1.54, 1.807) is 0 Å². The molecule has 1 aliphatic rings. The van der Waals surface area contributed by atoms with Gasteiger partial charge in [0.1, 0.15) is 0 Å². The lowest BCUT2D eigenvalue weighted by Gasteiger charge is -2.23. The number of carbonyl (C=O) groups is 1. The Labute approximate surface area is 79.7 Å². The first kappa shape index (κ1) is 10.5. The molecule has 0 aromatic heterocycles. The maximum atomic E-state index is 11.0. The molecule has 4 heteroatoms. The number of likely N-dealkylation sites (N-methyl/N-ethyl adjacent to an activating group) is 1. The Morgan fingerprint density at radius 3 is 2.85 bits per heavy atom. The van der Waals surface area contributed by atoms with Crippen LogP contribution in [-0.2, 0) is 4.79 Å². The van der Waals surface area contributed by atoms with Gasteiger partial charge in [-0.15, -0.1) is 0 Å². The van der Waals surface area contributed by atoms with Crippen LogP contribution in [0.25, 0.3) is 0 Å². The first-order chi connectivity index (χ1) is 6.11. The molecule has 13 heavy (non-hydrogen) atoms. The van der Waals surface area contributed by atoms with Crippen LogP contribution >= 0.6 is 0 Å². The number of rotatable bonds is 4. The zero-order valence-corrected chi connectivity index (χ0v) is 8.49. The van der Waals surface area contributed by atoms with E-state index in [1.165, 1.54) is 0 Å². The lowest BCUT2D eigenvalue weighted by molar-refractivity contribution is -0.122. The Balaban J connectivity index is 2.35. The van der Waals surface area contributed by atoms with Gasteiger partial charge in [-0.1, -0.05) is 0 Å². The van der Waals surface area contributed by atoms with Crippen molar-refractivity contribution in [1.29, 1.82) is 0 Å². The van der Waals surface area contributed by atoms with Gasteiger partial charge in [-0.2, -0.15) is 0 Å². The van der Waals surface area contributed by atoms with E-state index in [2.05, 4.69) is 9.80 Å². The SMILES string of the molecule is CN(C)CCN1CCCC1C(N)=O. The van der Waals surface area contributed by atoms with Crippen molar-refractivity contribution >= 4 is 5.91 Å². The molecule has 0 aliphatic carbocycles. The Kier molecular flexibility index (Phi) is 3.69. The highest BCUT2D eigenvalue weighted by atomic mass is 16.1. The number of hydrogen-bond donors (Lipinski definition) is 1. The number of nitrogens with zero attached hydrogens (tertiary/aromatic N) is 2. The van der Waals surface area contributed by atoms with Gasteiger partial charge in [0.2, 0.25) is 5.91 Å². The van der Waals surface area contributed by atoms with E-state index in [1.807, 2.05) is 14.1 Å². The zero-order chi connectivity index (χ0) is 9.84.